The van der Waals surface area contributed by atoms with Gasteiger partial charge in [-0.3, -0.25) is 4.79 Å². The maximum absolute atomic E-state index is 13.6. The monoisotopic (exact) mass is 545 g/mol. The van der Waals surface area contributed by atoms with Crippen LogP contribution in [0.2, 0.25) is 0 Å². The fourth-order valence-corrected chi connectivity index (χ4v) is 5.84. The van der Waals surface area contributed by atoms with Crippen LogP contribution in [0.3, 0.4) is 0 Å². The summed E-state index contributed by atoms with van der Waals surface area (Å²) in [5, 5.41) is 3.06. The SMILES string of the molecule is C=C(/C=C(\C(C)=C/N)N1CCC(N2CCc3cc(OC)ccc3NC2=O)CC1)C(=O)N1CCc2cc(F)ccc21. The van der Waals surface area contributed by atoms with Crippen LogP contribution in [0.5, 0.6) is 5.75 Å². The quantitative estimate of drug-likeness (QED) is 0.410. The molecule has 3 N–H and O–H groups in total. The molecule has 2 aromatic rings. The normalized spacial score (nSPS) is 18.2. The second kappa shape index (κ2) is 11.5. The minimum Gasteiger partial charge on any atom is -0.497 e. The number of urea groups is 1. The van der Waals surface area contributed by atoms with Crippen molar-refractivity contribution < 1.29 is 18.7 Å². The van der Waals surface area contributed by atoms with Gasteiger partial charge in [0.2, 0.25) is 0 Å². The van der Waals surface area contributed by atoms with Crippen molar-refractivity contribution in [2.45, 2.75) is 38.6 Å². The molecule has 0 spiro atoms. The van der Waals surface area contributed by atoms with E-state index in [9.17, 15) is 14.0 Å². The van der Waals surface area contributed by atoms with Crippen LogP contribution < -0.4 is 20.7 Å². The molecule has 2 aromatic carbocycles. The molecule has 0 radical (unpaired) electrons. The van der Waals surface area contributed by atoms with Crippen LogP contribution in [0.25, 0.3) is 0 Å². The summed E-state index contributed by atoms with van der Waals surface area (Å²) in [6.07, 6.45) is 6.27. The average molecular weight is 546 g/mol. The molecule has 0 aliphatic carbocycles. The van der Waals surface area contributed by atoms with E-state index in [1.54, 1.807) is 24.2 Å². The predicted molar refractivity (Wildman–Crippen MR) is 155 cm³/mol. The molecular weight excluding hydrogens is 509 g/mol. The summed E-state index contributed by atoms with van der Waals surface area (Å²) in [5.74, 6) is 0.268. The largest absolute Gasteiger partial charge is 0.497 e. The van der Waals surface area contributed by atoms with Gasteiger partial charge in [-0.25, -0.2) is 9.18 Å². The number of carbonyl (C=O) groups excluding carboxylic acids is 2. The molecule has 3 heterocycles. The number of allylic oxidation sites excluding steroid dienone is 1. The van der Waals surface area contributed by atoms with Gasteiger partial charge in [0.15, 0.2) is 0 Å². The third-order valence-electron chi connectivity index (χ3n) is 8.10. The summed E-state index contributed by atoms with van der Waals surface area (Å²) in [6.45, 7) is 8.53. The molecule has 1 fully saturated rings. The van der Waals surface area contributed by atoms with Crippen LogP contribution >= 0.6 is 0 Å². The number of carbonyl (C=O) groups is 2. The number of nitrogens with zero attached hydrogens (tertiary/aromatic N) is 3. The lowest BCUT2D eigenvalue weighted by atomic mass is 10.00. The van der Waals surface area contributed by atoms with Crippen molar-refractivity contribution in [3.8, 4) is 5.75 Å². The van der Waals surface area contributed by atoms with Crippen molar-refractivity contribution in [3.63, 3.8) is 0 Å². The molecule has 0 bridgehead atoms. The summed E-state index contributed by atoms with van der Waals surface area (Å²) in [6, 6.07) is 10.3. The van der Waals surface area contributed by atoms with Gasteiger partial charge in [-0.05, 0) is 98.0 Å². The molecule has 40 heavy (non-hydrogen) atoms. The molecule has 3 aliphatic rings. The van der Waals surface area contributed by atoms with Crippen LogP contribution in [-0.4, -0.2) is 61.1 Å². The van der Waals surface area contributed by atoms with Crippen molar-refractivity contribution in [1.82, 2.24) is 9.80 Å². The summed E-state index contributed by atoms with van der Waals surface area (Å²) in [5.41, 5.74) is 11.4. The summed E-state index contributed by atoms with van der Waals surface area (Å²) in [7, 11) is 1.64. The van der Waals surface area contributed by atoms with Crippen molar-refractivity contribution >= 4 is 23.3 Å². The Morgan fingerprint density at radius 2 is 1.85 bits per heavy atom. The molecular formula is C31H36FN5O3. The van der Waals surface area contributed by atoms with E-state index in [4.69, 9.17) is 10.5 Å². The second-order valence-corrected chi connectivity index (χ2v) is 10.5. The number of likely N-dealkylation sites (tertiary alicyclic amines) is 1. The Bertz CT molecular complexity index is 1390. The number of rotatable bonds is 6. The van der Waals surface area contributed by atoms with Gasteiger partial charge in [0, 0.05) is 54.9 Å². The van der Waals surface area contributed by atoms with Crippen molar-refractivity contribution in [2.75, 3.05) is 43.5 Å². The highest BCUT2D eigenvalue weighted by Crippen LogP contribution is 2.32. The van der Waals surface area contributed by atoms with E-state index in [1.807, 2.05) is 30.0 Å². The van der Waals surface area contributed by atoms with E-state index >= 15 is 0 Å². The fourth-order valence-electron chi connectivity index (χ4n) is 5.84. The number of anilines is 2. The summed E-state index contributed by atoms with van der Waals surface area (Å²) in [4.78, 5) is 32.3. The first-order valence-corrected chi connectivity index (χ1v) is 13.7. The zero-order chi connectivity index (χ0) is 28.4. The highest BCUT2D eigenvalue weighted by Gasteiger charge is 2.32. The maximum Gasteiger partial charge on any atom is 0.322 e. The lowest BCUT2D eigenvalue weighted by Crippen LogP contribution is -2.48. The average Bonchev–Trinajstić information content (AvgIpc) is 3.31. The number of piperidine rings is 1. The van der Waals surface area contributed by atoms with E-state index in [1.165, 1.54) is 18.3 Å². The summed E-state index contributed by atoms with van der Waals surface area (Å²) < 4.78 is 19.0. The molecule has 0 saturated carbocycles. The van der Waals surface area contributed by atoms with E-state index in [0.717, 1.165) is 58.8 Å². The Hall–Kier alpha value is -4.27. The second-order valence-electron chi connectivity index (χ2n) is 10.5. The molecule has 9 heteroatoms. The van der Waals surface area contributed by atoms with Crippen LogP contribution in [0, 0.1) is 5.82 Å². The molecule has 0 aromatic heterocycles. The third kappa shape index (κ3) is 5.41. The highest BCUT2D eigenvalue weighted by molar-refractivity contribution is 6.08. The third-order valence-corrected chi connectivity index (χ3v) is 8.10. The number of amides is 3. The molecule has 0 unspecified atom stereocenters. The van der Waals surface area contributed by atoms with Gasteiger partial charge in [0.1, 0.15) is 11.6 Å². The fraction of sp³-hybridized carbons (Fsp3) is 0.355. The number of fused-ring (bicyclic) bond motifs is 2. The molecule has 1 saturated heterocycles. The molecule has 210 valence electrons. The number of hydrogen-bond acceptors (Lipinski definition) is 5. The number of nitrogens with one attached hydrogen (secondary N) is 1. The van der Waals surface area contributed by atoms with E-state index in [2.05, 4.69) is 16.8 Å². The van der Waals surface area contributed by atoms with Crippen LogP contribution in [-0.2, 0) is 17.6 Å². The minimum atomic E-state index is -0.302. The highest BCUT2D eigenvalue weighted by atomic mass is 19.1. The molecule has 0 atom stereocenters. The number of halogens is 1. The van der Waals surface area contributed by atoms with Gasteiger partial charge in [0.25, 0.3) is 5.91 Å². The van der Waals surface area contributed by atoms with E-state index in [-0.39, 0.29) is 23.8 Å². The Labute approximate surface area is 234 Å². The van der Waals surface area contributed by atoms with Gasteiger partial charge in [-0.1, -0.05) is 6.58 Å². The number of benzene rings is 2. The first-order chi connectivity index (χ1) is 19.3. The lowest BCUT2D eigenvalue weighted by Gasteiger charge is -2.40. The molecule has 3 amide bonds. The maximum atomic E-state index is 13.6. The smallest absolute Gasteiger partial charge is 0.322 e. The molecule has 8 nitrogen and oxygen atoms in total. The van der Waals surface area contributed by atoms with Crippen LogP contribution in [0.1, 0.15) is 30.9 Å². The Morgan fingerprint density at radius 1 is 1.10 bits per heavy atom. The predicted octanol–water partition coefficient (Wildman–Crippen LogP) is 4.58. The van der Waals surface area contributed by atoms with Gasteiger partial charge in [0.05, 0.1) is 7.11 Å². The van der Waals surface area contributed by atoms with Crippen LogP contribution in [0.4, 0.5) is 20.6 Å². The van der Waals surface area contributed by atoms with Crippen molar-refractivity contribution in [3.05, 3.63) is 89.0 Å². The molecule has 3 aliphatic heterocycles. The van der Waals surface area contributed by atoms with Gasteiger partial charge in [-0.15, -0.1) is 0 Å². The zero-order valence-electron chi connectivity index (χ0n) is 23.1. The Kier molecular flexibility index (Phi) is 7.82. The number of hydrogen-bond donors (Lipinski definition) is 2. The number of nitrogens with two attached hydrogens (primary N) is 1. The van der Waals surface area contributed by atoms with E-state index in [0.29, 0.717) is 38.2 Å². The number of ether oxygens (including phenoxy) is 1. The molecule has 5 rings (SSSR count). The first kappa shape index (κ1) is 27.3. The van der Waals surface area contributed by atoms with E-state index < -0.39 is 0 Å². The van der Waals surface area contributed by atoms with Gasteiger partial charge < -0.3 is 30.5 Å². The standard InChI is InChI=1S/C31H36FN5O3/c1-20(30(38)37-15-9-23-17-24(32)4-7-28(23)37)16-29(21(2)19-33)35-12-10-25(11-13-35)36-14-8-22-18-26(40-3)5-6-27(22)34-31(36)39/h4-7,16-19,25H,1,8-15,33H2,2-3H3,(H,34,39)/b21-19-,29-16+. The minimum absolute atomic E-state index is 0.0825. The van der Waals surface area contributed by atoms with Crippen molar-refractivity contribution in [1.29, 1.82) is 0 Å². The van der Waals surface area contributed by atoms with Gasteiger partial charge >= 0.3 is 6.03 Å². The van der Waals surface area contributed by atoms with Crippen molar-refractivity contribution in [2.24, 2.45) is 5.73 Å². The topological polar surface area (TPSA) is 91.1 Å². The Balaban J connectivity index is 1.26. The van der Waals surface area contributed by atoms with Gasteiger partial charge in [-0.2, -0.15) is 0 Å². The first-order valence-electron chi connectivity index (χ1n) is 13.7. The summed E-state index contributed by atoms with van der Waals surface area (Å²) >= 11 is 0. The Morgan fingerprint density at radius 3 is 2.58 bits per heavy atom. The lowest BCUT2D eigenvalue weighted by molar-refractivity contribution is -0.114. The number of methoxy groups -OCH3 is 1. The zero-order valence-corrected chi connectivity index (χ0v) is 23.1. The van der Waals surface area contributed by atoms with Crippen LogP contribution in [0.15, 0.2) is 72.1 Å².